The summed E-state index contributed by atoms with van der Waals surface area (Å²) < 4.78 is 13.3. The van der Waals surface area contributed by atoms with E-state index >= 15 is 0 Å². The maximum atomic E-state index is 12.8. The predicted octanol–water partition coefficient (Wildman–Crippen LogP) is 3.28. The smallest absolute Gasteiger partial charge is 0.252 e. The van der Waals surface area contributed by atoms with Crippen molar-refractivity contribution < 1.29 is 9.18 Å². The van der Waals surface area contributed by atoms with E-state index in [1.54, 1.807) is 0 Å². The second kappa shape index (κ2) is 5.80. The molecule has 0 spiro atoms. The molecule has 86 valence electrons. The average Bonchev–Trinajstić information content (AvgIpc) is 2.16. The van der Waals surface area contributed by atoms with Gasteiger partial charge in [0.2, 0.25) is 0 Å². The van der Waals surface area contributed by atoms with Gasteiger partial charge in [0.15, 0.2) is 0 Å². The Balaban J connectivity index is 2.70. The fourth-order valence-corrected chi connectivity index (χ4v) is 1.65. The summed E-state index contributed by atoms with van der Waals surface area (Å²) >= 11 is 3.15. The molecule has 0 heterocycles. The minimum Gasteiger partial charge on any atom is -0.349 e. The zero-order valence-corrected chi connectivity index (χ0v) is 10.8. The number of amides is 1. The summed E-state index contributed by atoms with van der Waals surface area (Å²) in [6.45, 7) is 4.39. The lowest BCUT2D eigenvalue weighted by Crippen LogP contribution is -2.23. The van der Waals surface area contributed by atoms with Crippen LogP contribution in [-0.4, -0.2) is 12.5 Å². The van der Waals surface area contributed by atoms with Crippen LogP contribution in [0.5, 0.6) is 0 Å². The first kappa shape index (κ1) is 12.9. The second-order valence-corrected chi connectivity index (χ2v) is 4.47. The minimum absolute atomic E-state index is 0.218. The van der Waals surface area contributed by atoms with Gasteiger partial charge in [0, 0.05) is 11.0 Å². The summed E-state index contributed by atoms with van der Waals surface area (Å²) in [5, 5.41) is 2.72. The molecule has 4 heteroatoms. The van der Waals surface area contributed by atoms with Crippen LogP contribution >= 0.6 is 15.9 Å². The molecule has 0 aliphatic carbocycles. The van der Waals surface area contributed by atoms with E-state index in [0.29, 0.717) is 16.6 Å². The third-order valence-corrected chi connectivity index (χ3v) is 2.60. The number of hydrogen-bond donors (Lipinski definition) is 1. The number of carbonyl (C=O) groups excluding carboxylic acids is 1. The van der Waals surface area contributed by atoms with Crippen molar-refractivity contribution in [3.05, 3.63) is 45.7 Å². The van der Waals surface area contributed by atoms with Crippen molar-refractivity contribution in [3.8, 4) is 0 Å². The van der Waals surface area contributed by atoms with Gasteiger partial charge in [0.25, 0.3) is 5.91 Å². The standard InChI is InChI=1S/C12H13BrFNO/c1-8(2)5-6-15-12(16)10-4-3-9(14)7-11(10)13/h3-5,7H,6H2,1-2H3,(H,15,16). The summed E-state index contributed by atoms with van der Waals surface area (Å²) in [5.41, 5.74) is 1.57. The number of rotatable bonds is 3. The molecule has 0 radical (unpaired) electrons. The predicted molar refractivity (Wildman–Crippen MR) is 65.9 cm³/mol. The molecule has 0 atom stereocenters. The van der Waals surface area contributed by atoms with E-state index in [-0.39, 0.29) is 11.7 Å². The van der Waals surface area contributed by atoms with E-state index in [9.17, 15) is 9.18 Å². The van der Waals surface area contributed by atoms with Crippen LogP contribution in [0, 0.1) is 5.82 Å². The fraction of sp³-hybridized carbons (Fsp3) is 0.250. The number of benzene rings is 1. The van der Waals surface area contributed by atoms with Crippen LogP contribution in [0.1, 0.15) is 24.2 Å². The zero-order valence-electron chi connectivity index (χ0n) is 9.18. The van der Waals surface area contributed by atoms with Gasteiger partial charge in [0.1, 0.15) is 5.82 Å². The second-order valence-electron chi connectivity index (χ2n) is 3.62. The van der Waals surface area contributed by atoms with Crippen LogP contribution in [0.2, 0.25) is 0 Å². The van der Waals surface area contributed by atoms with E-state index in [0.717, 1.165) is 5.57 Å². The normalized spacial score (nSPS) is 9.75. The molecule has 2 nitrogen and oxygen atoms in total. The van der Waals surface area contributed by atoms with Gasteiger partial charge in [-0.15, -0.1) is 0 Å². The van der Waals surface area contributed by atoms with Crippen molar-refractivity contribution in [3.63, 3.8) is 0 Å². The molecular formula is C12H13BrFNO. The van der Waals surface area contributed by atoms with Crippen LogP contribution in [0.15, 0.2) is 34.3 Å². The van der Waals surface area contributed by atoms with E-state index in [4.69, 9.17) is 0 Å². The Morgan fingerprint density at radius 1 is 1.50 bits per heavy atom. The molecule has 0 aromatic heterocycles. The number of carbonyl (C=O) groups is 1. The summed E-state index contributed by atoms with van der Waals surface area (Å²) in [6.07, 6.45) is 1.91. The Morgan fingerprint density at radius 3 is 2.75 bits per heavy atom. The van der Waals surface area contributed by atoms with Crippen molar-refractivity contribution in [2.45, 2.75) is 13.8 Å². The molecule has 1 amide bonds. The minimum atomic E-state index is -0.368. The van der Waals surface area contributed by atoms with Gasteiger partial charge in [-0.3, -0.25) is 4.79 Å². The zero-order chi connectivity index (χ0) is 12.1. The lowest BCUT2D eigenvalue weighted by Gasteiger charge is -2.05. The van der Waals surface area contributed by atoms with E-state index in [2.05, 4.69) is 21.2 Å². The highest BCUT2D eigenvalue weighted by Gasteiger charge is 2.09. The van der Waals surface area contributed by atoms with Crippen molar-refractivity contribution in [1.29, 1.82) is 0 Å². The summed E-state index contributed by atoms with van der Waals surface area (Å²) in [4.78, 5) is 11.7. The number of allylic oxidation sites excluding steroid dienone is 1. The molecule has 0 saturated carbocycles. The van der Waals surface area contributed by atoms with Gasteiger partial charge in [-0.25, -0.2) is 4.39 Å². The Kier molecular flexibility index (Phi) is 4.68. The molecular weight excluding hydrogens is 273 g/mol. The monoisotopic (exact) mass is 285 g/mol. The Labute approximate surface area is 103 Å². The van der Waals surface area contributed by atoms with Gasteiger partial charge in [0.05, 0.1) is 5.56 Å². The quantitative estimate of drug-likeness (QED) is 0.849. The van der Waals surface area contributed by atoms with E-state index in [1.807, 2.05) is 19.9 Å². The molecule has 1 aromatic rings. The highest BCUT2D eigenvalue weighted by molar-refractivity contribution is 9.10. The summed E-state index contributed by atoms with van der Waals surface area (Å²) in [5.74, 6) is -0.586. The topological polar surface area (TPSA) is 29.1 Å². The van der Waals surface area contributed by atoms with Crippen LogP contribution in [0.4, 0.5) is 4.39 Å². The first-order valence-corrected chi connectivity index (χ1v) is 5.66. The van der Waals surface area contributed by atoms with Crippen molar-refractivity contribution in [2.24, 2.45) is 0 Å². The number of hydrogen-bond acceptors (Lipinski definition) is 1. The van der Waals surface area contributed by atoms with Crippen molar-refractivity contribution in [2.75, 3.05) is 6.54 Å². The SMILES string of the molecule is CC(C)=CCNC(=O)c1ccc(F)cc1Br. The highest BCUT2D eigenvalue weighted by atomic mass is 79.9. The van der Waals surface area contributed by atoms with Crippen molar-refractivity contribution in [1.82, 2.24) is 5.32 Å². The fourth-order valence-electron chi connectivity index (χ4n) is 1.12. The molecule has 0 saturated heterocycles. The van der Waals surface area contributed by atoms with E-state index < -0.39 is 0 Å². The third-order valence-electron chi connectivity index (χ3n) is 1.95. The molecule has 1 aromatic carbocycles. The molecule has 16 heavy (non-hydrogen) atoms. The Morgan fingerprint density at radius 2 is 2.19 bits per heavy atom. The highest BCUT2D eigenvalue weighted by Crippen LogP contribution is 2.17. The van der Waals surface area contributed by atoms with Gasteiger partial charge >= 0.3 is 0 Å². The molecule has 0 aliphatic rings. The number of nitrogens with one attached hydrogen (secondary N) is 1. The van der Waals surface area contributed by atoms with Crippen LogP contribution in [0.3, 0.4) is 0 Å². The van der Waals surface area contributed by atoms with Crippen LogP contribution < -0.4 is 5.32 Å². The molecule has 1 N–H and O–H groups in total. The van der Waals surface area contributed by atoms with Gasteiger partial charge < -0.3 is 5.32 Å². The van der Waals surface area contributed by atoms with E-state index in [1.165, 1.54) is 18.2 Å². The van der Waals surface area contributed by atoms with Crippen LogP contribution in [-0.2, 0) is 0 Å². The average molecular weight is 286 g/mol. The molecule has 0 bridgehead atoms. The largest absolute Gasteiger partial charge is 0.349 e. The Bertz CT molecular complexity index is 425. The summed E-state index contributed by atoms with van der Waals surface area (Å²) in [6, 6.07) is 3.99. The Hall–Kier alpha value is -1.16. The maximum Gasteiger partial charge on any atom is 0.252 e. The molecule has 0 fully saturated rings. The lowest BCUT2D eigenvalue weighted by molar-refractivity contribution is 0.0957. The summed E-state index contributed by atoms with van der Waals surface area (Å²) in [7, 11) is 0. The lowest BCUT2D eigenvalue weighted by atomic mass is 10.2. The number of halogens is 2. The first-order valence-electron chi connectivity index (χ1n) is 4.87. The molecule has 1 rings (SSSR count). The molecule has 0 aliphatic heterocycles. The van der Waals surface area contributed by atoms with Gasteiger partial charge in [-0.1, -0.05) is 11.6 Å². The maximum absolute atomic E-state index is 12.8. The van der Waals surface area contributed by atoms with Gasteiger partial charge in [-0.05, 0) is 48.0 Å². The first-order chi connectivity index (χ1) is 7.50. The van der Waals surface area contributed by atoms with Crippen LogP contribution in [0.25, 0.3) is 0 Å². The van der Waals surface area contributed by atoms with Crippen molar-refractivity contribution >= 4 is 21.8 Å². The third kappa shape index (κ3) is 3.77. The van der Waals surface area contributed by atoms with Gasteiger partial charge in [-0.2, -0.15) is 0 Å². The molecule has 0 unspecified atom stereocenters.